The molecule has 0 saturated carbocycles. The number of carboxylic acids is 1. The Bertz CT molecular complexity index is 928. The minimum Gasteiger partial charge on any atom is -0.481 e. The molecule has 3 aliphatic rings. The van der Waals surface area contributed by atoms with Crippen molar-refractivity contribution in [1.82, 2.24) is 4.90 Å². The molecule has 2 aliphatic heterocycles. The van der Waals surface area contributed by atoms with Crippen LogP contribution in [0.3, 0.4) is 0 Å². The number of aliphatic carboxylic acids is 1. The van der Waals surface area contributed by atoms with E-state index in [-0.39, 0.29) is 25.2 Å². The minimum absolute atomic E-state index is 0.00660. The number of benzene rings is 2. The monoisotopic (exact) mass is 393 g/mol. The first-order chi connectivity index (χ1) is 14.1. The van der Waals surface area contributed by atoms with E-state index in [2.05, 4.69) is 24.3 Å². The molecule has 0 unspecified atom stereocenters. The first-order valence-corrected chi connectivity index (χ1v) is 10.0. The van der Waals surface area contributed by atoms with E-state index in [0.717, 1.165) is 11.1 Å². The van der Waals surface area contributed by atoms with Gasteiger partial charge in [0.25, 0.3) is 0 Å². The lowest BCUT2D eigenvalue weighted by Gasteiger charge is -2.37. The van der Waals surface area contributed by atoms with E-state index in [1.54, 1.807) is 4.90 Å². The summed E-state index contributed by atoms with van der Waals surface area (Å²) in [6, 6.07) is 16.0. The standard InChI is InChI=1S/C23H23NO5/c25-21(26)23-10-11-24(20(23)9-12-28-14-23)22(27)29-13-19-17-7-3-1-5-15(17)16-6-2-4-8-18(16)19/h1-8,19-20H,9-14H2,(H,25,26)/t20-,23-/m0/s1. The number of fused-ring (bicyclic) bond motifs is 4. The number of hydrogen-bond donors (Lipinski definition) is 1. The average molecular weight is 393 g/mol. The zero-order valence-corrected chi connectivity index (χ0v) is 16.0. The van der Waals surface area contributed by atoms with Gasteiger partial charge in [0.1, 0.15) is 12.0 Å². The van der Waals surface area contributed by atoms with Gasteiger partial charge in [0.05, 0.1) is 12.6 Å². The first kappa shape index (κ1) is 18.2. The fourth-order valence-corrected chi connectivity index (χ4v) is 5.20. The number of nitrogens with zero attached hydrogens (tertiary/aromatic N) is 1. The van der Waals surface area contributed by atoms with E-state index < -0.39 is 17.5 Å². The van der Waals surface area contributed by atoms with Crippen molar-refractivity contribution in [3.63, 3.8) is 0 Å². The number of likely N-dealkylation sites (tertiary alicyclic amines) is 1. The van der Waals surface area contributed by atoms with Gasteiger partial charge in [-0.3, -0.25) is 4.79 Å². The van der Waals surface area contributed by atoms with Gasteiger partial charge in [0, 0.05) is 19.1 Å². The molecule has 6 nitrogen and oxygen atoms in total. The third kappa shape index (κ3) is 2.74. The summed E-state index contributed by atoms with van der Waals surface area (Å²) in [7, 11) is 0. The molecule has 0 bridgehead atoms. The van der Waals surface area contributed by atoms with Crippen molar-refractivity contribution < 1.29 is 24.2 Å². The van der Waals surface area contributed by atoms with Crippen molar-refractivity contribution in [3.05, 3.63) is 59.7 Å². The summed E-state index contributed by atoms with van der Waals surface area (Å²) < 4.78 is 11.2. The minimum atomic E-state index is -1.01. The second-order valence-electron chi connectivity index (χ2n) is 8.07. The summed E-state index contributed by atoms with van der Waals surface area (Å²) in [5.41, 5.74) is 3.67. The predicted molar refractivity (Wildman–Crippen MR) is 106 cm³/mol. The van der Waals surface area contributed by atoms with E-state index in [9.17, 15) is 14.7 Å². The van der Waals surface area contributed by atoms with Crippen molar-refractivity contribution in [3.8, 4) is 11.1 Å². The Morgan fingerprint density at radius 3 is 2.41 bits per heavy atom. The molecular formula is C23H23NO5. The van der Waals surface area contributed by atoms with Crippen LogP contribution in [0.1, 0.15) is 29.9 Å². The highest BCUT2D eigenvalue weighted by atomic mass is 16.6. The number of amides is 1. The largest absolute Gasteiger partial charge is 0.481 e. The molecular weight excluding hydrogens is 370 g/mol. The van der Waals surface area contributed by atoms with E-state index in [1.165, 1.54) is 11.1 Å². The predicted octanol–water partition coefficient (Wildman–Crippen LogP) is 3.50. The van der Waals surface area contributed by atoms with Crippen molar-refractivity contribution in [2.45, 2.75) is 24.8 Å². The van der Waals surface area contributed by atoms with Gasteiger partial charge in [0.2, 0.25) is 0 Å². The molecule has 6 heteroatoms. The number of carbonyl (C=O) groups is 2. The summed E-state index contributed by atoms with van der Waals surface area (Å²) in [4.78, 5) is 26.4. The normalized spacial score (nSPS) is 25.2. The third-order valence-corrected chi connectivity index (χ3v) is 6.70. The second kappa shape index (κ2) is 6.88. The van der Waals surface area contributed by atoms with Crippen LogP contribution >= 0.6 is 0 Å². The smallest absolute Gasteiger partial charge is 0.410 e. The van der Waals surface area contributed by atoms with Gasteiger partial charge < -0.3 is 19.5 Å². The molecule has 2 saturated heterocycles. The summed E-state index contributed by atoms with van der Waals surface area (Å²) in [5, 5.41) is 9.76. The third-order valence-electron chi connectivity index (χ3n) is 6.70. The molecule has 0 spiro atoms. The van der Waals surface area contributed by atoms with Gasteiger partial charge in [-0.25, -0.2) is 4.79 Å². The SMILES string of the molecule is O=C(OCC1c2ccccc2-c2ccccc21)N1CC[C@]2(C(=O)O)COCC[C@H]12. The van der Waals surface area contributed by atoms with Crippen LogP contribution in [0.4, 0.5) is 4.79 Å². The Kier molecular flexibility index (Phi) is 4.32. The number of carboxylic acid groups (broad SMARTS) is 1. The van der Waals surface area contributed by atoms with Crippen LogP contribution in [0.2, 0.25) is 0 Å². The van der Waals surface area contributed by atoms with Crippen LogP contribution in [0.5, 0.6) is 0 Å². The van der Waals surface area contributed by atoms with Crippen molar-refractivity contribution in [2.75, 3.05) is 26.4 Å². The maximum atomic E-state index is 12.9. The molecule has 2 aromatic rings. The molecule has 150 valence electrons. The van der Waals surface area contributed by atoms with Crippen LogP contribution in [-0.2, 0) is 14.3 Å². The zero-order chi connectivity index (χ0) is 20.0. The molecule has 5 rings (SSSR count). The van der Waals surface area contributed by atoms with Crippen LogP contribution < -0.4 is 0 Å². The van der Waals surface area contributed by atoms with Gasteiger partial charge in [-0.2, -0.15) is 0 Å². The average Bonchev–Trinajstić information content (AvgIpc) is 3.30. The fourth-order valence-electron chi connectivity index (χ4n) is 5.20. The molecule has 2 atom stereocenters. The molecule has 2 fully saturated rings. The zero-order valence-electron chi connectivity index (χ0n) is 16.0. The Balaban J connectivity index is 1.35. The number of hydrogen-bond acceptors (Lipinski definition) is 4. The molecule has 0 aromatic heterocycles. The van der Waals surface area contributed by atoms with Crippen LogP contribution in [0.25, 0.3) is 11.1 Å². The van der Waals surface area contributed by atoms with Gasteiger partial charge in [0.15, 0.2) is 0 Å². The summed E-state index contributed by atoms with van der Waals surface area (Å²) >= 11 is 0. The Hall–Kier alpha value is -2.86. The number of ether oxygens (including phenoxy) is 2. The maximum Gasteiger partial charge on any atom is 0.410 e. The molecule has 2 aromatic carbocycles. The molecule has 1 N–H and O–H groups in total. The first-order valence-electron chi connectivity index (χ1n) is 10.0. The van der Waals surface area contributed by atoms with Crippen LogP contribution in [-0.4, -0.2) is 54.5 Å². The number of rotatable bonds is 3. The highest BCUT2D eigenvalue weighted by Crippen LogP contribution is 2.45. The van der Waals surface area contributed by atoms with Gasteiger partial charge >= 0.3 is 12.1 Å². The molecule has 0 radical (unpaired) electrons. The summed E-state index contributed by atoms with van der Waals surface area (Å²) in [5.74, 6) is -0.899. The van der Waals surface area contributed by atoms with Crippen molar-refractivity contribution in [2.24, 2.45) is 5.41 Å². The van der Waals surface area contributed by atoms with Crippen molar-refractivity contribution in [1.29, 1.82) is 0 Å². The second-order valence-corrected chi connectivity index (χ2v) is 8.07. The van der Waals surface area contributed by atoms with Gasteiger partial charge in [-0.15, -0.1) is 0 Å². The van der Waals surface area contributed by atoms with Crippen LogP contribution in [0.15, 0.2) is 48.5 Å². The summed E-state index contributed by atoms with van der Waals surface area (Å²) in [6.07, 6.45) is 0.495. The van der Waals surface area contributed by atoms with E-state index in [0.29, 0.717) is 26.0 Å². The highest BCUT2D eigenvalue weighted by Gasteiger charge is 2.56. The van der Waals surface area contributed by atoms with Gasteiger partial charge in [-0.05, 0) is 35.1 Å². The molecule has 1 aliphatic carbocycles. The highest BCUT2D eigenvalue weighted by molar-refractivity contribution is 5.80. The maximum absolute atomic E-state index is 12.9. The Morgan fingerprint density at radius 1 is 1.10 bits per heavy atom. The van der Waals surface area contributed by atoms with Crippen molar-refractivity contribution >= 4 is 12.1 Å². The van der Waals surface area contributed by atoms with Gasteiger partial charge in [-0.1, -0.05) is 48.5 Å². The number of carbonyl (C=O) groups excluding carboxylic acids is 1. The molecule has 29 heavy (non-hydrogen) atoms. The summed E-state index contributed by atoms with van der Waals surface area (Å²) in [6.45, 7) is 1.25. The lowest BCUT2D eigenvalue weighted by molar-refractivity contribution is -0.159. The van der Waals surface area contributed by atoms with E-state index in [4.69, 9.17) is 9.47 Å². The fraction of sp³-hybridized carbons (Fsp3) is 0.391. The lowest BCUT2D eigenvalue weighted by atomic mass is 9.78. The van der Waals surface area contributed by atoms with E-state index in [1.807, 2.05) is 24.3 Å². The molecule has 2 heterocycles. The van der Waals surface area contributed by atoms with E-state index >= 15 is 0 Å². The quantitative estimate of drug-likeness (QED) is 0.864. The molecule has 1 amide bonds. The Morgan fingerprint density at radius 2 is 1.76 bits per heavy atom. The lowest BCUT2D eigenvalue weighted by Crippen LogP contribution is -2.52. The topological polar surface area (TPSA) is 76.1 Å². The van der Waals surface area contributed by atoms with Crippen LogP contribution in [0, 0.1) is 5.41 Å². The Labute approximate surface area is 169 Å².